The van der Waals surface area contributed by atoms with Crippen LogP contribution < -0.4 is 11.2 Å². The molecule has 1 aromatic heterocycles. The highest BCUT2D eigenvalue weighted by Gasteiger charge is 2.45. The van der Waals surface area contributed by atoms with E-state index in [-0.39, 0.29) is 5.92 Å². The minimum atomic E-state index is -1.25. The molecule has 2 N–H and O–H groups in total. The van der Waals surface area contributed by atoms with E-state index >= 15 is 0 Å². The van der Waals surface area contributed by atoms with Gasteiger partial charge in [-0.05, 0) is 6.42 Å². The number of aliphatic hydroxyl groups excluding tert-OH is 1. The summed E-state index contributed by atoms with van der Waals surface area (Å²) in [7, 11) is 0. The fourth-order valence-electron chi connectivity index (χ4n) is 2.30. The van der Waals surface area contributed by atoms with E-state index in [9.17, 15) is 19.1 Å². The standard InChI is InChI=1S/C11H15FN2O4/c1-7-4-11(5-12,6-15)18-9(7)14-3-2-8(16)13-10(14)17/h2-3,7,9,15H,4-6H2,1H3,(H,13,16,17). The Kier molecular flexibility index (Phi) is 3.36. The van der Waals surface area contributed by atoms with Crippen molar-refractivity contribution in [2.45, 2.75) is 25.2 Å². The van der Waals surface area contributed by atoms with Gasteiger partial charge >= 0.3 is 5.69 Å². The van der Waals surface area contributed by atoms with Crippen LogP contribution in [0.3, 0.4) is 0 Å². The normalized spacial score (nSPS) is 31.7. The SMILES string of the molecule is CC1CC(CO)(CF)OC1n1ccc(=O)[nH]c1=O. The second-order valence-electron chi connectivity index (χ2n) is 4.68. The average Bonchev–Trinajstić information content (AvgIpc) is 2.67. The maximum absolute atomic E-state index is 13.0. The van der Waals surface area contributed by atoms with Gasteiger partial charge in [0.15, 0.2) is 0 Å². The third-order valence-corrected chi connectivity index (χ3v) is 3.21. The van der Waals surface area contributed by atoms with Gasteiger partial charge in [0.05, 0.1) is 6.61 Å². The highest BCUT2D eigenvalue weighted by Crippen LogP contribution is 2.40. The summed E-state index contributed by atoms with van der Waals surface area (Å²) in [4.78, 5) is 24.7. The van der Waals surface area contributed by atoms with Crippen molar-refractivity contribution in [2.75, 3.05) is 13.3 Å². The summed E-state index contributed by atoms with van der Waals surface area (Å²) in [6.07, 6.45) is 0.946. The minimum absolute atomic E-state index is 0.142. The van der Waals surface area contributed by atoms with E-state index in [2.05, 4.69) is 4.98 Å². The number of aromatic amines is 1. The van der Waals surface area contributed by atoms with Gasteiger partial charge in [-0.2, -0.15) is 0 Å². The van der Waals surface area contributed by atoms with Gasteiger partial charge in [-0.1, -0.05) is 6.92 Å². The number of aliphatic hydroxyl groups is 1. The zero-order valence-electron chi connectivity index (χ0n) is 9.93. The molecule has 1 aromatic rings. The first-order valence-corrected chi connectivity index (χ1v) is 5.67. The van der Waals surface area contributed by atoms with E-state index < -0.39 is 36.4 Å². The Morgan fingerprint density at radius 1 is 1.67 bits per heavy atom. The van der Waals surface area contributed by atoms with Crippen LogP contribution in [-0.4, -0.2) is 33.5 Å². The first-order valence-electron chi connectivity index (χ1n) is 5.67. The van der Waals surface area contributed by atoms with Crippen molar-refractivity contribution in [1.29, 1.82) is 0 Å². The lowest BCUT2D eigenvalue weighted by Gasteiger charge is -2.24. The van der Waals surface area contributed by atoms with E-state index in [1.54, 1.807) is 6.92 Å². The zero-order valence-corrected chi connectivity index (χ0v) is 9.93. The van der Waals surface area contributed by atoms with Crippen LogP contribution in [0.25, 0.3) is 0 Å². The number of aromatic nitrogens is 2. The molecular weight excluding hydrogens is 243 g/mol. The molecular formula is C11H15FN2O4. The molecule has 7 heteroatoms. The van der Waals surface area contributed by atoms with Gasteiger partial charge < -0.3 is 9.84 Å². The number of hydrogen-bond acceptors (Lipinski definition) is 4. The number of ether oxygens (including phenoxy) is 1. The van der Waals surface area contributed by atoms with Crippen LogP contribution in [0.15, 0.2) is 21.9 Å². The second-order valence-corrected chi connectivity index (χ2v) is 4.68. The van der Waals surface area contributed by atoms with Gasteiger partial charge in [-0.3, -0.25) is 14.3 Å². The van der Waals surface area contributed by atoms with Crippen LogP contribution in [0, 0.1) is 5.92 Å². The monoisotopic (exact) mass is 258 g/mol. The number of rotatable bonds is 3. The minimum Gasteiger partial charge on any atom is -0.393 e. The maximum atomic E-state index is 13.0. The molecule has 2 heterocycles. The van der Waals surface area contributed by atoms with Crippen molar-refractivity contribution < 1.29 is 14.2 Å². The number of halogens is 1. The molecule has 100 valence electrons. The van der Waals surface area contributed by atoms with E-state index in [4.69, 9.17) is 4.74 Å². The number of nitrogens with one attached hydrogen (secondary N) is 1. The summed E-state index contributed by atoms with van der Waals surface area (Å²) in [5.41, 5.74) is -2.35. The third kappa shape index (κ3) is 2.11. The lowest BCUT2D eigenvalue weighted by atomic mass is 9.96. The zero-order chi connectivity index (χ0) is 13.3. The quantitative estimate of drug-likeness (QED) is 0.786. The first-order chi connectivity index (χ1) is 8.51. The third-order valence-electron chi connectivity index (χ3n) is 3.21. The van der Waals surface area contributed by atoms with Gasteiger partial charge in [-0.15, -0.1) is 0 Å². The number of H-pyrrole nitrogens is 1. The summed E-state index contributed by atoms with van der Waals surface area (Å²) in [6, 6.07) is 1.20. The van der Waals surface area contributed by atoms with Crippen molar-refractivity contribution >= 4 is 0 Å². The number of nitrogens with zero attached hydrogens (tertiary/aromatic N) is 1. The van der Waals surface area contributed by atoms with Crippen molar-refractivity contribution in [2.24, 2.45) is 5.92 Å². The lowest BCUT2D eigenvalue weighted by molar-refractivity contribution is -0.113. The van der Waals surface area contributed by atoms with Crippen LogP contribution in [0.2, 0.25) is 0 Å². The van der Waals surface area contributed by atoms with Crippen molar-refractivity contribution in [1.82, 2.24) is 9.55 Å². The molecule has 3 atom stereocenters. The molecule has 0 saturated carbocycles. The largest absolute Gasteiger partial charge is 0.393 e. The average molecular weight is 258 g/mol. The summed E-state index contributed by atoms with van der Waals surface area (Å²) in [5.74, 6) is -0.142. The molecule has 1 aliphatic heterocycles. The van der Waals surface area contributed by atoms with E-state index in [1.807, 2.05) is 0 Å². The number of hydrogen-bond donors (Lipinski definition) is 2. The Hall–Kier alpha value is -1.47. The van der Waals surface area contributed by atoms with Crippen molar-refractivity contribution in [3.63, 3.8) is 0 Å². The molecule has 0 aromatic carbocycles. The smallest absolute Gasteiger partial charge is 0.330 e. The highest BCUT2D eigenvalue weighted by atomic mass is 19.1. The molecule has 0 spiro atoms. The fourth-order valence-corrected chi connectivity index (χ4v) is 2.30. The molecule has 3 unspecified atom stereocenters. The highest BCUT2D eigenvalue weighted by molar-refractivity contribution is 4.93. The topological polar surface area (TPSA) is 84.3 Å². The summed E-state index contributed by atoms with van der Waals surface area (Å²) in [5, 5.41) is 9.20. The second kappa shape index (κ2) is 4.66. The van der Waals surface area contributed by atoms with Gasteiger partial charge in [0.1, 0.15) is 18.5 Å². The van der Waals surface area contributed by atoms with E-state index in [0.29, 0.717) is 6.42 Å². The van der Waals surface area contributed by atoms with Gasteiger partial charge in [0, 0.05) is 18.2 Å². The maximum Gasteiger partial charge on any atom is 0.330 e. The fraction of sp³-hybridized carbons (Fsp3) is 0.636. The van der Waals surface area contributed by atoms with E-state index in [1.165, 1.54) is 16.8 Å². The Balaban J connectivity index is 2.35. The van der Waals surface area contributed by atoms with Gasteiger partial charge in [-0.25, -0.2) is 9.18 Å². The summed E-state index contributed by atoms with van der Waals surface area (Å²) >= 11 is 0. The number of alkyl halides is 1. The lowest BCUT2D eigenvalue weighted by Crippen LogP contribution is -2.37. The molecule has 18 heavy (non-hydrogen) atoms. The molecule has 2 rings (SSSR count). The molecule has 0 bridgehead atoms. The van der Waals surface area contributed by atoms with Crippen LogP contribution in [0.4, 0.5) is 4.39 Å². The van der Waals surface area contributed by atoms with Crippen molar-refractivity contribution in [3.05, 3.63) is 33.1 Å². The summed E-state index contributed by atoms with van der Waals surface area (Å²) in [6.45, 7) is 0.542. The van der Waals surface area contributed by atoms with Crippen LogP contribution in [0.1, 0.15) is 19.6 Å². The Morgan fingerprint density at radius 2 is 2.39 bits per heavy atom. The molecule has 0 aliphatic carbocycles. The van der Waals surface area contributed by atoms with Crippen LogP contribution in [0.5, 0.6) is 0 Å². The molecule has 1 aliphatic rings. The molecule has 0 amide bonds. The summed E-state index contributed by atoms with van der Waals surface area (Å²) < 4.78 is 19.6. The molecule has 0 radical (unpaired) electrons. The predicted molar refractivity (Wildman–Crippen MR) is 61.0 cm³/mol. The van der Waals surface area contributed by atoms with Gasteiger partial charge in [0.2, 0.25) is 0 Å². The Labute approximate surface area is 102 Å². The molecule has 6 nitrogen and oxygen atoms in total. The molecule has 1 saturated heterocycles. The Bertz CT molecular complexity index is 534. The Morgan fingerprint density at radius 3 is 2.89 bits per heavy atom. The van der Waals surface area contributed by atoms with Crippen molar-refractivity contribution in [3.8, 4) is 0 Å². The predicted octanol–water partition coefficient (Wildman–Crippen LogP) is -0.208. The molecule has 1 fully saturated rings. The van der Waals surface area contributed by atoms with Gasteiger partial charge in [0.25, 0.3) is 5.56 Å². The van der Waals surface area contributed by atoms with E-state index in [0.717, 1.165) is 0 Å². The van der Waals surface area contributed by atoms with Crippen LogP contribution >= 0.6 is 0 Å². The van der Waals surface area contributed by atoms with Crippen LogP contribution in [-0.2, 0) is 4.74 Å². The first kappa shape index (κ1) is 13.0.